The minimum Gasteiger partial charge on any atom is -0.465 e. The molecular weight excluding hydrogens is 224 g/mol. The van der Waals surface area contributed by atoms with Crippen molar-refractivity contribution < 1.29 is 13.7 Å². The smallest absolute Gasteiger partial charge is 0.318 e. The molecule has 1 unspecified atom stereocenters. The van der Waals surface area contributed by atoms with Gasteiger partial charge in [-0.05, 0) is 38.0 Å². The predicted molar refractivity (Wildman–Crippen MR) is 63.8 cm³/mol. The van der Waals surface area contributed by atoms with Crippen LogP contribution >= 0.6 is 0 Å². The molecular formula is C12H16O3S. The molecule has 0 amide bonds. The van der Waals surface area contributed by atoms with Crippen molar-refractivity contribution >= 4 is 16.8 Å². The van der Waals surface area contributed by atoms with Gasteiger partial charge in [-0.2, -0.15) is 0 Å². The van der Waals surface area contributed by atoms with Gasteiger partial charge < -0.3 is 4.74 Å². The molecule has 4 heteroatoms. The van der Waals surface area contributed by atoms with Gasteiger partial charge in [-0.1, -0.05) is 12.1 Å². The number of ether oxygens (including phenoxy) is 1. The predicted octanol–water partition coefficient (Wildman–Crippen LogP) is 1.97. The van der Waals surface area contributed by atoms with Crippen LogP contribution in [-0.2, 0) is 20.3 Å². The largest absolute Gasteiger partial charge is 0.465 e. The highest BCUT2D eigenvalue weighted by Crippen LogP contribution is 2.15. The summed E-state index contributed by atoms with van der Waals surface area (Å²) in [6.45, 7) is 5.88. The minimum absolute atomic E-state index is 0.0713. The first kappa shape index (κ1) is 12.9. The average Bonchev–Trinajstić information content (AvgIpc) is 2.21. The van der Waals surface area contributed by atoms with Gasteiger partial charge in [-0.3, -0.25) is 9.00 Å². The van der Waals surface area contributed by atoms with Gasteiger partial charge in [-0.15, -0.1) is 0 Å². The zero-order valence-corrected chi connectivity index (χ0v) is 10.6. The van der Waals surface area contributed by atoms with Gasteiger partial charge in [-0.25, -0.2) is 0 Å². The average molecular weight is 240 g/mol. The van der Waals surface area contributed by atoms with E-state index in [9.17, 15) is 9.00 Å². The molecule has 1 atom stereocenters. The second kappa shape index (κ2) is 5.80. The van der Waals surface area contributed by atoms with Crippen LogP contribution in [0.25, 0.3) is 0 Å². The van der Waals surface area contributed by atoms with Crippen LogP contribution in [0.4, 0.5) is 0 Å². The Labute approximate surface area is 98.3 Å². The maximum absolute atomic E-state index is 11.9. The SMILES string of the molecule is CCOC(=O)CS(=O)c1cc(C)ccc1C. The van der Waals surface area contributed by atoms with Crippen molar-refractivity contribution in [3.05, 3.63) is 29.3 Å². The Morgan fingerprint density at radius 2 is 2.06 bits per heavy atom. The van der Waals surface area contributed by atoms with Gasteiger partial charge in [0.25, 0.3) is 0 Å². The number of hydrogen-bond donors (Lipinski definition) is 0. The highest BCUT2D eigenvalue weighted by atomic mass is 32.2. The quantitative estimate of drug-likeness (QED) is 0.756. The lowest BCUT2D eigenvalue weighted by atomic mass is 10.2. The molecule has 0 spiro atoms. The Hall–Kier alpha value is -1.16. The highest BCUT2D eigenvalue weighted by molar-refractivity contribution is 7.85. The standard InChI is InChI=1S/C12H16O3S/c1-4-15-12(13)8-16(14)11-7-9(2)5-6-10(11)3/h5-7H,4,8H2,1-3H3. The molecule has 0 N–H and O–H groups in total. The van der Waals surface area contributed by atoms with Crippen LogP contribution in [0, 0.1) is 13.8 Å². The van der Waals surface area contributed by atoms with Gasteiger partial charge in [0, 0.05) is 4.90 Å². The summed E-state index contributed by atoms with van der Waals surface area (Å²) in [5, 5.41) is 0. The van der Waals surface area contributed by atoms with E-state index in [0.717, 1.165) is 11.1 Å². The molecule has 0 aliphatic heterocycles. The van der Waals surface area contributed by atoms with Crippen LogP contribution in [0.5, 0.6) is 0 Å². The summed E-state index contributed by atoms with van der Waals surface area (Å²) in [5.74, 6) is -0.486. The Morgan fingerprint density at radius 1 is 1.38 bits per heavy atom. The number of carbonyl (C=O) groups excluding carboxylic acids is 1. The van der Waals surface area contributed by atoms with E-state index >= 15 is 0 Å². The molecule has 0 bridgehead atoms. The maximum Gasteiger partial charge on any atom is 0.318 e. The third-order valence-corrected chi connectivity index (χ3v) is 3.57. The summed E-state index contributed by atoms with van der Waals surface area (Å²) < 4.78 is 16.7. The Kier molecular flexibility index (Phi) is 4.68. The number of esters is 1. The molecule has 0 saturated carbocycles. The lowest BCUT2D eigenvalue weighted by Crippen LogP contribution is -2.14. The maximum atomic E-state index is 11.9. The number of carbonyl (C=O) groups is 1. The van der Waals surface area contributed by atoms with Crippen molar-refractivity contribution in [2.75, 3.05) is 12.4 Å². The van der Waals surface area contributed by atoms with E-state index in [2.05, 4.69) is 0 Å². The van der Waals surface area contributed by atoms with E-state index in [4.69, 9.17) is 4.74 Å². The number of benzene rings is 1. The molecule has 3 nitrogen and oxygen atoms in total. The fraction of sp³-hybridized carbons (Fsp3) is 0.417. The van der Waals surface area contributed by atoms with E-state index in [-0.39, 0.29) is 5.75 Å². The first-order valence-corrected chi connectivity index (χ1v) is 6.47. The van der Waals surface area contributed by atoms with Crippen LogP contribution in [-0.4, -0.2) is 22.5 Å². The van der Waals surface area contributed by atoms with Crippen molar-refractivity contribution in [3.63, 3.8) is 0 Å². The topological polar surface area (TPSA) is 43.4 Å². The molecule has 16 heavy (non-hydrogen) atoms. The summed E-state index contributed by atoms with van der Waals surface area (Å²) in [5.41, 5.74) is 1.98. The van der Waals surface area contributed by atoms with Gasteiger partial charge in [0.05, 0.1) is 17.4 Å². The molecule has 0 saturated heterocycles. The molecule has 0 aliphatic carbocycles. The van der Waals surface area contributed by atoms with Gasteiger partial charge >= 0.3 is 5.97 Å². The third kappa shape index (κ3) is 3.45. The van der Waals surface area contributed by atoms with Gasteiger partial charge in [0.1, 0.15) is 5.75 Å². The van der Waals surface area contributed by atoms with Crippen LogP contribution in [0.3, 0.4) is 0 Å². The Bertz CT molecular complexity index is 413. The molecule has 1 rings (SSSR count). The minimum atomic E-state index is -1.31. The fourth-order valence-corrected chi connectivity index (χ4v) is 2.54. The lowest BCUT2D eigenvalue weighted by molar-refractivity contribution is -0.139. The number of aryl methyl sites for hydroxylation is 2. The van der Waals surface area contributed by atoms with E-state index < -0.39 is 16.8 Å². The Balaban J connectivity index is 2.80. The molecule has 1 aromatic carbocycles. The molecule has 1 aromatic rings. The third-order valence-electron chi connectivity index (χ3n) is 2.14. The van der Waals surface area contributed by atoms with E-state index in [1.807, 2.05) is 32.0 Å². The summed E-state index contributed by atoms with van der Waals surface area (Å²) in [6.07, 6.45) is 0. The second-order valence-corrected chi connectivity index (χ2v) is 4.98. The van der Waals surface area contributed by atoms with E-state index in [1.165, 1.54) is 0 Å². The van der Waals surface area contributed by atoms with Crippen molar-refractivity contribution in [2.24, 2.45) is 0 Å². The van der Waals surface area contributed by atoms with Gasteiger partial charge in [0.2, 0.25) is 0 Å². The number of rotatable bonds is 4. The van der Waals surface area contributed by atoms with Crippen molar-refractivity contribution in [1.29, 1.82) is 0 Å². The van der Waals surface area contributed by atoms with Crippen LogP contribution < -0.4 is 0 Å². The van der Waals surface area contributed by atoms with Gasteiger partial charge in [0.15, 0.2) is 0 Å². The zero-order chi connectivity index (χ0) is 12.1. The summed E-state index contributed by atoms with van der Waals surface area (Å²) in [6, 6.07) is 5.72. The fourth-order valence-electron chi connectivity index (χ4n) is 1.34. The monoisotopic (exact) mass is 240 g/mol. The zero-order valence-electron chi connectivity index (χ0n) is 9.78. The Morgan fingerprint density at radius 3 is 2.69 bits per heavy atom. The molecule has 0 radical (unpaired) electrons. The molecule has 0 heterocycles. The first-order chi connectivity index (χ1) is 7.54. The molecule has 88 valence electrons. The first-order valence-electron chi connectivity index (χ1n) is 5.16. The molecule has 0 fully saturated rings. The van der Waals surface area contributed by atoms with Crippen LogP contribution in [0.15, 0.2) is 23.1 Å². The number of hydrogen-bond acceptors (Lipinski definition) is 3. The second-order valence-electron chi connectivity index (χ2n) is 3.56. The lowest BCUT2D eigenvalue weighted by Gasteiger charge is -2.06. The molecule has 0 aromatic heterocycles. The van der Waals surface area contributed by atoms with Crippen molar-refractivity contribution in [1.82, 2.24) is 0 Å². The summed E-state index contributed by atoms with van der Waals surface area (Å²) in [7, 11) is -1.31. The summed E-state index contributed by atoms with van der Waals surface area (Å²) >= 11 is 0. The molecule has 0 aliphatic rings. The van der Waals surface area contributed by atoms with Crippen molar-refractivity contribution in [2.45, 2.75) is 25.7 Å². The van der Waals surface area contributed by atoms with Crippen LogP contribution in [0.2, 0.25) is 0 Å². The normalized spacial score (nSPS) is 12.2. The summed E-state index contributed by atoms with van der Waals surface area (Å²) in [4.78, 5) is 11.9. The van der Waals surface area contributed by atoms with E-state index in [0.29, 0.717) is 11.5 Å². The van der Waals surface area contributed by atoms with Crippen LogP contribution in [0.1, 0.15) is 18.1 Å². The van der Waals surface area contributed by atoms with Crippen molar-refractivity contribution in [3.8, 4) is 0 Å². The van der Waals surface area contributed by atoms with E-state index in [1.54, 1.807) is 6.92 Å². The highest BCUT2D eigenvalue weighted by Gasteiger charge is 2.13.